The molecule has 1 atom stereocenters. The molecule has 1 spiro atoms. The average molecular weight is 317 g/mol. The number of nitrogens with zero attached hydrogens (tertiary/aromatic N) is 1. The predicted octanol–water partition coefficient (Wildman–Crippen LogP) is 2.63. The summed E-state index contributed by atoms with van der Waals surface area (Å²) in [5, 5.41) is 7.04. The van der Waals surface area contributed by atoms with Crippen LogP contribution < -0.4 is 15.4 Å². The van der Waals surface area contributed by atoms with Crippen LogP contribution in [0.3, 0.4) is 0 Å². The molecule has 116 valence electrons. The maximum atomic E-state index is 12.5. The number of thiazole rings is 1. The summed E-state index contributed by atoms with van der Waals surface area (Å²) < 4.78 is 6.35. The Morgan fingerprint density at radius 1 is 1.45 bits per heavy atom. The third-order valence-electron chi connectivity index (χ3n) is 4.94. The molecule has 2 heterocycles. The number of para-hydroxylation sites is 1. The van der Waals surface area contributed by atoms with Crippen LogP contribution in [0.15, 0.2) is 18.2 Å². The number of rotatable bonds is 3. The molecule has 0 bridgehead atoms. The summed E-state index contributed by atoms with van der Waals surface area (Å²) in [4.78, 5) is 17.0. The normalized spacial score (nSPS) is 22.7. The van der Waals surface area contributed by atoms with Gasteiger partial charge in [-0.2, -0.15) is 0 Å². The highest BCUT2D eigenvalue weighted by atomic mass is 32.1. The zero-order chi connectivity index (χ0) is 15.2. The van der Waals surface area contributed by atoms with Crippen LogP contribution in [0.5, 0.6) is 5.75 Å². The second kappa shape index (κ2) is 5.21. The Bertz CT molecular complexity index is 721. The molecule has 1 aliphatic heterocycles. The maximum absolute atomic E-state index is 12.5. The van der Waals surface area contributed by atoms with Crippen LogP contribution in [0.2, 0.25) is 0 Å². The van der Waals surface area contributed by atoms with Crippen molar-refractivity contribution in [2.45, 2.75) is 19.3 Å². The van der Waals surface area contributed by atoms with Gasteiger partial charge in [0.25, 0.3) is 0 Å². The highest BCUT2D eigenvalue weighted by molar-refractivity contribution is 7.22. The van der Waals surface area contributed by atoms with E-state index in [9.17, 15) is 4.79 Å². The second-order valence-electron chi connectivity index (χ2n) is 6.18. The van der Waals surface area contributed by atoms with Crippen LogP contribution in [0, 0.1) is 11.3 Å². The number of carbonyl (C=O) groups excluding carboxylic acids is 1. The zero-order valence-corrected chi connectivity index (χ0v) is 13.3. The van der Waals surface area contributed by atoms with Gasteiger partial charge in [-0.3, -0.25) is 4.79 Å². The van der Waals surface area contributed by atoms with Crippen molar-refractivity contribution in [1.82, 2.24) is 10.3 Å². The third kappa shape index (κ3) is 2.27. The Morgan fingerprint density at radius 3 is 3.05 bits per heavy atom. The SMILES string of the molecule is COc1cccc2sc(NC(=O)C3CC34CCNCC4)nc12. The summed E-state index contributed by atoms with van der Waals surface area (Å²) in [7, 11) is 1.64. The second-order valence-corrected chi connectivity index (χ2v) is 7.22. The monoisotopic (exact) mass is 317 g/mol. The number of nitrogens with one attached hydrogen (secondary N) is 2. The molecule has 6 heteroatoms. The van der Waals surface area contributed by atoms with Gasteiger partial charge < -0.3 is 15.4 Å². The first-order valence-electron chi connectivity index (χ1n) is 7.67. The number of amides is 1. The lowest BCUT2D eigenvalue weighted by Crippen LogP contribution is -2.31. The Labute approximate surface area is 133 Å². The quantitative estimate of drug-likeness (QED) is 0.913. The van der Waals surface area contributed by atoms with Gasteiger partial charge in [-0.25, -0.2) is 4.98 Å². The number of ether oxygens (including phenoxy) is 1. The van der Waals surface area contributed by atoms with Crippen molar-refractivity contribution in [2.24, 2.45) is 11.3 Å². The molecule has 2 fully saturated rings. The minimum atomic E-state index is 0.125. The van der Waals surface area contributed by atoms with Crippen LogP contribution in [-0.4, -0.2) is 31.1 Å². The van der Waals surface area contributed by atoms with Crippen molar-refractivity contribution in [2.75, 3.05) is 25.5 Å². The molecule has 1 aromatic heterocycles. The number of piperidine rings is 1. The number of hydrogen-bond donors (Lipinski definition) is 2. The van der Waals surface area contributed by atoms with Crippen molar-refractivity contribution in [3.05, 3.63) is 18.2 Å². The van der Waals surface area contributed by atoms with Gasteiger partial charge >= 0.3 is 0 Å². The van der Waals surface area contributed by atoms with E-state index < -0.39 is 0 Å². The van der Waals surface area contributed by atoms with Gasteiger partial charge in [0.15, 0.2) is 5.13 Å². The van der Waals surface area contributed by atoms with Gasteiger partial charge in [0.2, 0.25) is 5.91 Å². The van der Waals surface area contributed by atoms with E-state index in [0.717, 1.165) is 48.3 Å². The van der Waals surface area contributed by atoms with E-state index >= 15 is 0 Å². The van der Waals surface area contributed by atoms with Gasteiger partial charge in [0.05, 0.1) is 11.8 Å². The lowest BCUT2D eigenvalue weighted by molar-refractivity contribution is -0.118. The fourth-order valence-electron chi connectivity index (χ4n) is 3.53. The first-order valence-corrected chi connectivity index (χ1v) is 8.49. The number of benzene rings is 1. The molecule has 1 aromatic carbocycles. The van der Waals surface area contributed by atoms with Crippen LogP contribution in [0.1, 0.15) is 19.3 Å². The fourth-order valence-corrected chi connectivity index (χ4v) is 4.42. The number of carbonyl (C=O) groups is 1. The summed E-state index contributed by atoms with van der Waals surface area (Å²) in [6, 6.07) is 5.82. The molecule has 4 rings (SSSR count). The molecule has 2 aliphatic rings. The molecule has 22 heavy (non-hydrogen) atoms. The Hall–Kier alpha value is -1.66. The molecule has 1 aliphatic carbocycles. The Kier molecular flexibility index (Phi) is 3.31. The Balaban J connectivity index is 1.51. The summed E-state index contributed by atoms with van der Waals surface area (Å²) >= 11 is 1.50. The fraction of sp³-hybridized carbons (Fsp3) is 0.500. The Morgan fingerprint density at radius 2 is 2.27 bits per heavy atom. The topological polar surface area (TPSA) is 63.2 Å². The summed E-state index contributed by atoms with van der Waals surface area (Å²) in [5.41, 5.74) is 1.07. The van der Waals surface area contributed by atoms with E-state index in [1.165, 1.54) is 11.3 Å². The predicted molar refractivity (Wildman–Crippen MR) is 87.4 cm³/mol. The smallest absolute Gasteiger partial charge is 0.229 e. The van der Waals surface area contributed by atoms with Crippen molar-refractivity contribution in [3.8, 4) is 5.75 Å². The molecule has 1 unspecified atom stereocenters. The van der Waals surface area contributed by atoms with E-state index in [2.05, 4.69) is 15.6 Å². The van der Waals surface area contributed by atoms with E-state index in [1.54, 1.807) is 7.11 Å². The van der Waals surface area contributed by atoms with Gasteiger partial charge in [-0.05, 0) is 49.9 Å². The average Bonchev–Trinajstić information content (AvgIpc) is 3.05. The number of hydrogen-bond acceptors (Lipinski definition) is 5. The van der Waals surface area contributed by atoms with Crippen LogP contribution in [-0.2, 0) is 4.79 Å². The highest BCUT2D eigenvalue weighted by Gasteiger charge is 2.57. The van der Waals surface area contributed by atoms with Crippen molar-refractivity contribution >= 4 is 32.6 Å². The summed E-state index contributed by atoms with van der Waals surface area (Å²) in [5.74, 6) is 1.03. The molecule has 2 N–H and O–H groups in total. The van der Waals surface area contributed by atoms with Gasteiger partial charge in [0.1, 0.15) is 11.3 Å². The number of aromatic nitrogens is 1. The molecular formula is C16H19N3O2S. The van der Waals surface area contributed by atoms with Crippen molar-refractivity contribution in [1.29, 1.82) is 0 Å². The van der Waals surface area contributed by atoms with Gasteiger partial charge in [0, 0.05) is 5.92 Å². The standard InChI is InChI=1S/C16H19N3O2S/c1-21-11-3-2-4-12-13(11)18-15(22-12)19-14(20)10-9-16(10)5-7-17-8-6-16/h2-4,10,17H,5-9H2,1H3,(H,18,19,20). The lowest BCUT2D eigenvalue weighted by atomic mass is 9.92. The number of methoxy groups -OCH3 is 1. The van der Waals surface area contributed by atoms with E-state index in [0.29, 0.717) is 5.13 Å². The summed E-state index contributed by atoms with van der Waals surface area (Å²) in [6.07, 6.45) is 3.24. The lowest BCUT2D eigenvalue weighted by Gasteiger charge is -2.22. The van der Waals surface area contributed by atoms with Crippen molar-refractivity contribution in [3.63, 3.8) is 0 Å². The largest absolute Gasteiger partial charge is 0.494 e. The molecule has 5 nitrogen and oxygen atoms in total. The molecule has 1 saturated carbocycles. The third-order valence-corrected chi connectivity index (χ3v) is 5.87. The molecule has 0 radical (unpaired) electrons. The van der Waals surface area contributed by atoms with E-state index in [1.807, 2.05) is 18.2 Å². The van der Waals surface area contributed by atoms with Gasteiger partial charge in [-0.1, -0.05) is 17.4 Å². The van der Waals surface area contributed by atoms with Crippen LogP contribution in [0.25, 0.3) is 10.2 Å². The number of anilines is 1. The first kappa shape index (κ1) is 14.0. The van der Waals surface area contributed by atoms with Crippen LogP contribution >= 0.6 is 11.3 Å². The van der Waals surface area contributed by atoms with Crippen molar-refractivity contribution < 1.29 is 9.53 Å². The first-order chi connectivity index (χ1) is 10.7. The number of fused-ring (bicyclic) bond motifs is 1. The molecule has 2 aromatic rings. The van der Waals surface area contributed by atoms with E-state index in [4.69, 9.17) is 4.74 Å². The minimum absolute atomic E-state index is 0.125. The van der Waals surface area contributed by atoms with Crippen LogP contribution in [0.4, 0.5) is 5.13 Å². The minimum Gasteiger partial charge on any atom is -0.494 e. The highest BCUT2D eigenvalue weighted by Crippen LogP contribution is 2.58. The molecular weight excluding hydrogens is 298 g/mol. The molecule has 1 saturated heterocycles. The van der Waals surface area contributed by atoms with E-state index in [-0.39, 0.29) is 17.2 Å². The maximum Gasteiger partial charge on any atom is 0.229 e. The van der Waals surface area contributed by atoms with Gasteiger partial charge in [-0.15, -0.1) is 0 Å². The zero-order valence-electron chi connectivity index (χ0n) is 12.5. The molecule has 1 amide bonds. The summed E-state index contributed by atoms with van der Waals surface area (Å²) in [6.45, 7) is 2.06.